The Labute approximate surface area is 119 Å². The zero-order valence-corrected chi connectivity index (χ0v) is 12.1. The SMILES string of the molecule is CCCN1CCC(NC(=O)Cn2cc(CN)nn2)CC1. The molecule has 1 fully saturated rings. The first kappa shape index (κ1) is 14.9. The molecule has 1 aliphatic rings. The van der Waals surface area contributed by atoms with Crippen LogP contribution >= 0.6 is 0 Å². The first-order valence-electron chi connectivity index (χ1n) is 7.32. The maximum absolute atomic E-state index is 11.9. The Kier molecular flexibility index (Phi) is 5.49. The van der Waals surface area contributed by atoms with Crippen LogP contribution in [0.4, 0.5) is 0 Å². The zero-order chi connectivity index (χ0) is 14.4. The second-order valence-electron chi connectivity index (χ2n) is 5.30. The van der Waals surface area contributed by atoms with Gasteiger partial charge in [-0.1, -0.05) is 12.1 Å². The van der Waals surface area contributed by atoms with Gasteiger partial charge in [-0.3, -0.25) is 4.79 Å². The molecular formula is C13H24N6O. The van der Waals surface area contributed by atoms with Crippen molar-refractivity contribution in [2.45, 2.75) is 45.3 Å². The van der Waals surface area contributed by atoms with E-state index in [1.807, 2.05) is 0 Å². The Bertz CT molecular complexity index is 424. The molecule has 0 saturated carbocycles. The highest BCUT2D eigenvalue weighted by Crippen LogP contribution is 2.10. The van der Waals surface area contributed by atoms with Crippen molar-refractivity contribution < 1.29 is 4.79 Å². The van der Waals surface area contributed by atoms with Gasteiger partial charge in [0.15, 0.2) is 0 Å². The molecule has 1 saturated heterocycles. The summed E-state index contributed by atoms with van der Waals surface area (Å²) in [7, 11) is 0. The van der Waals surface area contributed by atoms with E-state index >= 15 is 0 Å². The standard InChI is InChI=1S/C13H24N6O/c1-2-5-18-6-3-11(4-7-18)15-13(20)10-19-9-12(8-14)16-17-19/h9,11H,2-8,10,14H2,1H3,(H,15,20). The lowest BCUT2D eigenvalue weighted by molar-refractivity contribution is -0.122. The minimum Gasteiger partial charge on any atom is -0.352 e. The molecule has 1 amide bonds. The Hall–Kier alpha value is -1.47. The predicted octanol–water partition coefficient (Wildman–Crippen LogP) is -0.273. The summed E-state index contributed by atoms with van der Waals surface area (Å²) >= 11 is 0. The molecule has 1 aromatic heterocycles. The van der Waals surface area contributed by atoms with Crippen LogP contribution in [-0.4, -0.2) is 51.5 Å². The predicted molar refractivity (Wildman–Crippen MR) is 75.8 cm³/mol. The topological polar surface area (TPSA) is 89.1 Å². The van der Waals surface area contributed by atoms with Gasteiger partial charge in [0.05, 0.1) is 11.9 Å². The largest absolute Gasteiger partial charge is 0.352 e. The number of rotatable bonds is 6. The molecular weight excluding hydrogens is 256 g/mol. The number of nitrogens with two attached hydrogens (primary N) is 1. The molecule has 1 aromatic rings. The fourth-order valence-electron chi connectivity index (χ4n) is 2.55. The van der Waals surface area contributed by atoms with E-state index in [0.29, 0.717) is 12.2 Å². The van der Waals surface area contributed by atoms with Gasteiger partial charge < -0.3 is 16.0 Å². The molecule has 3 N–H and O–H groups in total. The van der Waals surface area contributed by atoms with Gasteiger partial charge in [0.2, 0.25) is 5.91 Å². The quantitative estimate of drug-likeness (QED) is 0.748. The van der Waals surface area contributed by atoms with Crippen LogP contribution in [-0.2, 0) is 17.9 Å². The molecule has 7 nitrogen and oxygen atoms in total. The lowest BCUT2D eigenvalue weighted by atomic mass is 10.0. The van der Waals surface area contributed by atoms with Crippen molar-refractivity contribution in [3.63, 3.8) is 0 Å². The number of carbonyl (C=O) groups excluding carboxylic acids is 1. The summed E-state index contributed by atoms with van der Waals surface area (Å²) in [6.45, 7) is 6.04. The average molecular weight is 280 g/mol. The average Bonchev–Trinajstić information content (AvgIpc) is 2.89. The maximum atomic E-state index is 11.9. The lowest BCUT2D eigenvalue weighted by Crippen LogP contribution is -2.45. The van der Waals surface area contributed by atoms with Crippen LogP contribution in [0.3, 0.4) is 0 Å². The van der Waals surface area contributed by atoms with Gasteiger partial charge in [0.25, 0.3) is 0 Å². The highest BCUT2D eigenvalue weighted by molar-refractivity contribution is 5.75. The van der Waals surface area contributed by atoms with Gasteiger partial charge in [-0.2, -0.15) is 0 Å². The summed E-state index contributed by atoms with van der Waals surface area (Å²) in [5, 5.41) is 10.8. The van der Waals surface area contributed by atoms with Gasteiger partial charge in [-0.25, -0.2) is 4.68 Å². The molecule has 0 bridgehead atoms. The number of carbonyl (C=O) groups is 1. The Morgan fingerprint density at radius 1 is 1.50 bits per heavy atom. The molecule has 0 unspecified atom stereocenters. The molecule has 112 valence electrons. The first-order chi connectivity index (χ1) is 9.71. The summed E-state index contributed by atoms with van der Waals surface area (Å²) in [6.07, 6.45) is 4.95. The molecule has 2 heterocycles. The van der Waals surface area contributed by atoms with Crippen LogP contribution < -0.4 is 11.1 Å². The molecule has 0 atom stereocenters. The van der Waals surface area contributed by atoms with Gasteiger partial charge in [0, 0.05) is 25.7 Å². The van der Waals surface area contributed by atoms with E-state index in [2.05, 4.69) is 27.5 Å². The van der Waals surface area contributed by atoms with E-state index < -0.39 is 0 Å². The third kappa shape index (κ3) is 4.28. The molecule has 0 aliphatic carbocycles. The minimum atomic E-state index is -0.00703. The number of nitrogens with one attached hydrogen (secondary N) is 1. The second-order valence-corrected chi connectivity index (χ2v) is 5.30. The van der Waals surface area contributed by atoms with E-state index in [1.54, 1.807) is 6.20 Å². The molecule has 0 spiro atoms. The third-order valence-corrected chi connectivity index (χ3v) is 3.59. The van der Waals surface area contributed by atoms with Crippen LogP contribution in [0.15, 0.2) is 6.20 Å². The lowest BCUT2D eigenvalue weighted by Gasteiger charge is -2.32. The molecule has 2 rings (SSSR count). The molecule has 0 aromatic carbocycles. The van der Waals surface area contributed by atoms with Gasteiger partial charge in [0.1, 0.15) is 6.54 Å². The van der Waals surface area contributed by atoms with Crippen molar-refractivity contribution in [1.29, 1.82) is 0 Å². The fourth-order valence-corrected chi connectivity index (χ4v) is 2.55. The zero-order valence-electron chi connectivity index (χ0n) is 12.1. The highest BCUT2D eigenvalue weighted by Gasteiger charge is 2.20. The molecule has 0 radical (unpaired) electrons. The third-order valence-electron chi connectivity index (χ3n) is 3.59. The number of aromatic nitrogens is 3. The Morgan fingerprint density at radius 3 is 2.85 bits per heavy atom. The Morgan fingerprint density at radius 2 is 2.25 bits per heavy atom. The van der Waals surface area contributed by atoms with E-state index in [9.17, 15) is 4.79 Å². The summed E-state index contributed by atoms with van der Waals surface area (Å²) in [5.41, 5.74) is 6.16. The summed E-state index contributed by atoms with van der Waals surface area (Å²) in [6, 6.07) is 0.285. The second kappa shape index (κ2) is 7.35. The van der Waals surface area contributed by atoms with E-state index in [1.165, 1.54) is 11.1 Å². The molecule has 1 aliphatic heterocycles. The summed E-state index contributed by atoms with van der Waals surface area (Å²) in [4.78, 5) is 14.4. The molecule has 20 heavy (non-hydrogen) atoms. The van der Waals surface area contributed by atoms with Crippen molar-refractivity contribution in [3.05, 3.63) is 11.9 Å². The number of likely N-dealkylation sites (tertiary alicyclic amines) is 1. The van der Waals surface area contributed by atoms with Crippen molar-refractivity contribution in [2.24, 2.45) is 5.73 Å². The highest BCUT2D eigenvalue weighted by atomic mass is 16.2. The Balaban J connectivity index is 1.72. The van der Waals surface area contributed by atoms with Crippen molar-refractivity contribution in [1.82, 2.24) is 25.2 Å². The maximum Gasteiger partial charge on any atom is 0.242 e. The first-order valence-corrected chi connectivity index (χ1v) is 7.32. The number of hydrogen-bond acceptors (Lipinski definition) is 5. The number of amides is 1. The van der Waals surface area contributed by atoms with Gasteiger partial charge >= 0.3 is 0 Å². The number of hydrogen-bond donors (Lipinski definition) is 2. The summed E-state index contributed by atoms with van der Waals surface area (Å²) in [5.74, 6) is -0.00703. The van der Waals surface area contributed by atoms with Crippen LogP contribution in [0.2, 0.25) is 0 Å². The van der Waals surface area contributed by atoms with E-state index in [-0.39, 0.29) is 18.5 Å². The summed E-state index contributed by atoms with van der Waals surface area (Å²) < 4.78 is 1.53. The van der Waals surface area contributed by atoms with E-state index in [4.69, 9.17) is 5.73 Å². The molecule has 7 heteroatoms. The monoisotopic (exact) mass is 280 g/mol. The van der Waals surface area contributed by atoms with E-state index in [0.717, 1.165) is 32.5 Å². The van der Waals surface area contributed by atoms with Crippen molar-refractivity contribution >= 4 is 5.91 Å². The smallest absolute Gasteiger partial charge is 0.242 e. The van der Waals surface area contributed by atoms with Crippen molar-refractivity contribution in [2.75, 3.05) is 19.6 Å². The van der Waals surface area contributed by atoms with Crippen molar-refractivity contribution in [3.8, 4) is 0 Å². The van der Waals surface area contributed by atoms with Gasteiger partial charge in [-0.05, 0) is 25.8 Å². The van der Waals surface area contributed by atoms with Crippen LogP contribution in [0.25, 0.3) is 0 Å². The number of nitrogens with zero attached hydrogens (tertiary/aromatic N) is 4. The normalized spacial score (nSPS) is 17.3. The van der Waals surface area contributed by atoms with Gasteiger partial charge in [-0.15, -0.1) is 5.10 Å². The van der Waals surface area contributed by atoms with Crippen LogP contribution in [0.1, 0.15) is 31.9 Å². The van der Waals surface area contributed by atoms with Crippen LogP contribution in [0.5, 0.6) is 0 Å². The van der Waals surface area contributed by atoms with Crippen LogP contribution in [0, 0.1) is 0 Å². The number of piperidine rings is 1. The fraction of sp³-hybridized carbons (Fsp3) is 0.769. The minimum absolute atomic E-state index is 0.00703.